The molecule has 1 heterocycles. The van der Waals surface area contributed by atoms with Crippen molar-refractivity contribution in [1.29, 1.82) is 0 Å². The Morgan fingerprint density at radius 1 is 1.11 bits per heavy atom. The molecule has 28 heavy (non-hydrogen) atoms. The molecule has 1 aliphatic heterocycles. The number of methoxy groups -OCH3 is 1. The van der Waals surface area contributed by atoms with Gasteiger partial charge in [0.05, 0.1) is 12.0 Å². The van der Waals surface area contributed by atoms with Gasteiger partial charge in [-0.15, -0.1) is 0 Å². The van der Waals surface area contributed by atoms with Crippen LogP contribution < -0.4 is 14.2 Å². The van der Waals surface area contributed by atoms with Crippen LogP contribution in [0.5, 0.6) is 17.2 Å². The van der Waals surface area contributed by atoms with Gasteiger partial charge in [-0.25, -0.2) is 0 Å². The number of ether oxygens (including phenoxy) is 3. The van der Waals surface area contributed by atoms with Crippen molar-refractivity contribution < 1.29 is 19.0 Å². The maximum absolute atomic E-state index is 12.1. The zero-order valence-corrected chi connectivity index (χ0v) is 17.6. The lowest BCUT2D eigenvalue weighted by Crippen LogP contribution is -2.22. The molecule has 0 unspecified atom stereocenters. The fourth-order valence-corrected chi connectivity index (χ4v) is 3.79. The molecule has 2 aromatic carbocycles. The minimum Gasteiger partial charge on any atom is -0.493 e. The second-order valence-electron chi connectivity index (χ2n) is 6.16. The van der Waals surface area contributed by atoms with Gasteiger partial charge in [-0.1, -0.05) is 42.2 Å². The number of amides is 1. The Labute approximate surface area is 174 Å². The van der Waals surface area contributed by atoms with E-state index >= 15 is 0 Å². The molecule has 1 aliphatic rings. The Balaban J connectivity index is 1.62. The van der Waals surface area contributed by atoms with Gasteiger partial charge in [0.25, 0.3) is 5.91 Å². The summed E-state index contributed by atoms with van der Waals surface area (Å²) in [6, 6.07) is 13.4. The molecular weight excluding hydrogens is 394 g/mol. The predicted octanol–water partition coefficient (Wildman–Crippen LogP) is 4.29. The highest BCUT2D eigenvalue weighted by Gasteiger charge is 2.28. The summed E-state index contributed by atoms with van der Waals surface area (Å²) in [7, 11) is 3.26. The van der Waals surface area contributed by atoms with Crippen LogP contribution in [0.15, 0.2) is 47.4 Å². The van der Waals surface area contributed by atoms with Gasteiger partial charge in [0.1, 0.15) is 23.3 Å². The van der Waals surface area contributed by atoms with Crippen LogP contribution >= 0.6 is 24.0 Å². The van der Waals surface area contributed by atoms with Crippen LogP contribution in [0.25, 0.3) is 6.08 Å². The number of hydrogen-bond acceptors (Lipinski definition) is 6. The molecule has 0 bridgehead atoms. The van der Waals surface area contributed by atoms with E-state index in [1.165, 1.54) is 16.7 Å². The molecule has 0 atom stereocenters. The molecule has 0 saturated carbocycles. The number of carbonyl (C=O) groups is 1. The van der Waals surface area contributed by atoms with E-state index in [9.17, 15) is 4.79 Å². The molecule has 0 N–H and O–H groups in total. The van der Waals surface area contributed by atoms with E-state index in [-0.39, 0.29) is 5.91 Å². The van der Waals surface area contributed by atoms with Crippen molar-refractivity contribution in [2.24, 2.45) is 0 Å². The smallest absolute Gasteiger partial charge is 0.265 e. The van der Waals surface area contributed by atoms with Gasteiger partial charge >= 0.3 is 0 Å². The van der Waals surface area contributed by atoms with Crippen LogP contribution in [-0.4, -0.2) is 42.5 Å². The zero-order chi connectivity index (χ0) is 20.1. The summed E-state index contributed by atoms with van der Waals surface area (Å²) in [5.41, 5.74) is 1.99. The second kappa shape index (κ2) is 9.12. The van der Waals surface area contributed by atoms with Gasteiger partial charge in [-0.05, 0) is 48.4 Å². The van der Waals surface area contributed by atoms with Gasteiger partial charge in [0.15, 0.2) is 11.5 Å². The van der Waals surface area contributed by atoms with Gasteiger partial charge in [-0.2, -0.15) is 0 Å². The molecule has 3 rings (SSSR count). The SMILES string of the molecule is COc1cc(C=C2SC(=S)N(C)C2=O)ccc1OCCOc1cccc(C)c1. The highest BCUT2D eigenvalue weighted by atomic mass is 32.2. The summed E-state index contributed by atoms with van der Waals surface area (Å²) in [5.74, 6) is 1.94. The number of carbonyl (C=O) groups excluding carboxylic acids is 1. The van der Waals surface area contributed by atoms with Crippen molar-refractivity contribution >= 4 is 40.3 Å². The van der Waals surface area contributed by atoms with E-state index in [2.05, 4.69) is 0 Å². The summed E-state index contributed by atoms with van der Waals surface area (Å²) in [6.45, 7) is 2.83. The molecule has 0 spiro atoms. The standard InChI is InChI=1S/C21H21NO4S2/c1-14-5-4-6-16(11-14)25-9-10-26-17-8-7-15(12-18(17)24-3)13-19-20(23)22(2)21(27)28-19/h4-8,11-13H,9-10H2,1-3H3. The van der Waals surface area contributed by atoms with E-state index in [4.69, 9.17) is 26.4 Å². The van der Waals surface area contributed by atoms with Crippen LogP contribution in [0.4, 0.5) is 0 Å². The summed E-state index contributed by atoms with van der Waals surface area (Å²) < 4.78 is 17.5. The third-order valence-corrected chi connectivity index (χ3v) is 5.56. The minimum atomic E-state index is -0.0948. The number of aryl methyl sites for hydroxylation is 1. The van der Waals surface area contributed by atoms with E-state index in [1.54, 1.807) is 20.2 Å². The van der Waals surface area contributed by atoms with Crippen LogP contribution in [0, 0.1) is 6.92 Å². The molecular formula is C21H21NO4S2. The highest BCUT2D eigenvalue weighted by molar-refractivity contribution is 8.26. The van der Waals surface area contributed by atoms with Crippen molar-refractivity contribution in [1.82, 2.24) is 4.90 Å². The number of likely N-dealkylation sites (N-methyl/N-ethyl adjacent to an activating group) is 1. The molecule has 1 fully saturated rings. The van der Waals surface area contributed by atoms with Crippen molar-refractivity contribution in [2.45, 2.75) is 6.92 Å². The monoisotopic (exact) mass is 415 g/mol. The minimum absolute atomic E-state index is 0.0948. The van der Waals surface area contributed by atoms with E-state index in [0.717, 1.165) is 16.9 Å². The van der Waals surface area contributed by atoms with Crippen LogP contribution in [0.3, 0.4) is 0 Å². The predicted molar refractivity (Wildman–Crippen MR) is 116 cm³/mol. The third-order valence-electron chi connectivity index (χ3n) is 4.07. The largest absolute Gasteiger partial charge is 0.493 e. The average molecular weight is 416 g/mol. The quantitative estimate of drug-likeness (QED) is 0.382. The van der Waals surface area contributed by atoms with Crippen LogP contribution in [0.1, 0.15) is 11.1 Å². The average Bonchev–Trinajstić information content (AvgIpc) is 2.92. The third kappa shape index (κ3) is 4.85. The molecule has 1 saturated heterocycles. The fraction of sp³-hybridized carbons (Fsp3) is 0.238. The van der Waals surface area contributed by atoms with Gasteiger partial charge in [0, 0.05) is 7.05 Å². The van der Waals surface area contributed by atoms with Crippen molar-refractivity contribution in [3.8, 4) is 17.2 Å². The topological polar surface area (TPSA) is 48.0 Å². The maximum Gasteiger partial charge on any atom is 0.265 e. The van der Waals surface area contributed by atoms with Gasteiger partial charge in [0.2, 0.25) is 0 Å². The number of benzene rings is 2. The molecule has 7 heteroatoms. The maximum atomic E-state index is 12.1. The Hall–Kier alpha value is -2.51. The highest BCUT2D eigenvalue weighted by Crippen LogP contribution is 2.34. The number of nitrogens with zero attached hydrogens (tertiary/aromatic N) is 1. The first-order valence-corrected chi connectivity index (χ1v) is 9.92. The first-order chi connectivity index (χ1) is 13.5. The fourth-order valence-electron chi connectivity index (χ4n) is 2.61. The van der Waals surface area contributed by atoms with Crippen molar-refractivity contribution in [3.63, 3.8) is 0 Å². The molecule has 146 valence electrons. The molecule has 0 aromatic heterocycles. The Kier molecular flexibility index (Phi) is 6.59. The van der Waals surface area contributed by atoms with Gasteiger partial charge < -0.3 is 14.2 Å². The first kappa shape index (κ1) is 20.2. The normalized spacial score (nSPS) is 15.2. The zero-order valence-electron chi connectivity index (χ0n) is 15.9. The van der Waals surface area contributed by atoms with Crippen LogP contribution in [0.2, 0.25) is 0 Å². The number of thiocarbonyl (C=S) groups is 1. The lowest BCUT2D eigenvalue weighted by molar-refractivity contribution is -0.121. The molecule has 5 nitrogen and oxygen atoms in total. The molecule has 1 amide bonds. The Bertz CT molecular complexity index is 926. The number of thioether (sulfide) groups is 1. The van der Waals surface area contributed by atoms with E-state index in [1.807, 2.05) is 49.4 Å². The summed E-state index contributed by atoms with van der Waals surface area (Å²) >= 11 is 6.44. The lowest BCUT2D eigenvalue weighted by atomic mass is 10.2. The van der Waals surface area contributed by atoms with Crippen molar-refractivity contribution in [3.05, 3.63) is 58.5 Å². The first-order valence-electron chi connectivity index (χ1n) is 8.70. The van der Waals surface area contributed by atoms with Crippen molar-refractivity contribution in [2.75, 3.05) is 27.4 Å². The Morgan fingerprint density at radius 3 is 2.57 bits per heavy atom. The number of hydrogen-bond donors (Lipinski definition) is 0. The summed E-state index contributed by atoms with van der Waals surface area (Å²) in [4.78, 5) is 14.2. The van der Waals surface area contributed by atoms with E-state index in [0.29, 0.717) is 33.9 Å². The summed E-state index contributed by atoms with van der Waals surface area (Å²) in [5, 5.41) is 0. The second-order valence-corrected chi connectivity index (χ2v) is 7.84. The van der Waals surface area contributed by atoms with Gasteiger partial charge in [-0.3, -0.25) is 9.69 Å². The molecule has 2 aromatic rings. The lowest BCUT2D eigenvalue weighted by Gasteiger charge is -2.12. The summed E-state index contributed by atoms with van der Waals surface area (Å²) in [6.07, 6.45) is 1.80. The molecule has 0 aliphatic carbocycles. The molecule has 0 radical (unpaired) electrons. The number of rotatable bonds is 7. The Morgan fingerprint density at radius 2 is 1.89 bits per heavy atom. The van der Waals surface area contributed by atoms with Crippen LogP contribution in [-0.2, 0) is 4.79 Å². The van der Waals surface area contributed by atoms with E-state index < -0.39 is 0 Å².